The van der Waals surface area contributed by atoms with Gasteiger partial charge in [0.1, 0.15) is 0 Å². The first-order valence-electron chi connectivity index (χ1n) is 5.75. The Balaban J connectivity index is 2.08. The van der Waals surface area contributed by atoms with Crippen LogP contribution < -0.4 is 0 Å². The minimum atomic E-state index is -0.315. The Labute approximate surface area is 121 Å². The van der Waals surface area contributed by atoms with Crippen LogP contribution in [0.3, 0.4) is 0 Å². The molecule has 0 aromatic heterocycles. The lowest BCUT2D eigenvalue weighted by molar-refractivity contribution is 0.0600. The summed E-state index contributed by atoms with van der Waals surface area (Å²) < 4.78 is 4.71. The molecule has 0 radical (unpaired) electrons. The lowest BCUT2D eigenvalue weighted by Crippen LogP contribution is -2.01. The maximum Gasteiger partial charge on any atom is 0.337 e. The quantitative estimate of drug-likeness (QED) is 0.616. The molecule has 2 aromatic rings. The molecule has 0 saturated carbocycles. The average Bonchev–Trinajstić information content (AvgIpc) is 2.46. The third-order valence-electron chi connectivity index (χ3n) is 2.58. The number of ether oxygens (including phenoxy) is 1. The van der Waals surface area contributed by atoms with Crippen LogP contribution in [0, 0.1) is 0 Å². The molecule has 0 saturated heterocycles. The standard InChI is InChI=1S/C15H13ClO2S/c1-18-15(17)12-6-4-5-11(9-12)10-19-14-8-3-2-7-13(14)16/h2-9H,10H2,1H3. The Morgan fingerprint density at radius 3 is 2.74 bits per heavy atom. The van der Waals surface area contributed by atoms with E-state index in [4.69, 9.17) is 16.3 Å². The second-order valence-corrected chi connectivity index (χ2v) is 5.34. The normalized spacial score (nSPS) is 10.2. The molecule has 19 heavy (non-hydrogen) atoms. The fourth-order valence-electron chi connectivity index (χ4n) is 1.63. The van der Waals surface area contributed by atoms with Gasteiger partial charge in [0, 0.05) is 10.6 Å². The van der Waals surface area contributed by atoms with Crippen molar-refractivity contribution in [2.75, 3.05) is 7.11 Å². The number of esters is 1. The molecule has 0 aliphatic heterocycles. The van der Waals surface area contributed by atoms with Gasteiger partial charge in [-0.3, -0.25) is 0 Å². The smallest absolute Gasteiger partial charge is 0.337 e. The summed E-state index contributed by atoms with van der Waals surface area (Å²) in [4.78, 5) is 12.5. The lowest BCUT2D eigenvalue weighted by atomic mass is 10.1. The Bertz CT molecular complexity index is 584. The first kappa shape index (κ1) is 14.0. The molecule has 0 spiro atoms. The van der Waals surface area contributed by atoms with E-state index in [0.29, 0.717) is 5.56 Å². The molecule has 0 bridgehead atoms. The van der Waals surface area contributed by atoms with Crippen molar-refractivity contribution in [2.24, 2.45) is 0 Å². The second kappa shape index (κ2) is 6.64. The third-order valence-corrected chi connectivity index (χ3v) is 4.17. The van der Waals surface area contributed by atoms with Gasteiger partial charge in [-0.05, 0) is 29.8 Å². The second-order valence-electron chi connectivity index (χ2n) is 3.91. The van der Waals surface area contributed by atoms with Crippen LogP contribution in [0.25, 0.3) is 0 Å². The summed E-state index contributed by atoms with van der Waals surface area (Å²) in [6.07, 6.45) is 0. The highest BCUT2D eigenvalue weighted by atomic mass is 35.5. The molecule has 2 nitrogen and oxygen atoms in total. The number of benzene rings is 2. The summed E-state index contributed by atoms with van der Waals surface area (Å²) in [5.41, 5.74) is 1.63. The van der Waals surface area contributed by atoms with E-state index in [1.165, 1.54) is 7.11 Å². The maximum absolute atomic E-state index is 11.4. The lowest BCUT2D eigenvalue weighted by Gasteiger charge is -2.05. The van der Waals surface area contributed by atoms with Gasteiger partial charge in [-0.25, -0.2) is 4.79 Å². The molecule has 4 heteroatoms. The summed E-state index contributed by atoms with van der Waals surface area (Å²) >= 11 is 7.74. The van der Waals surface area contributed by atoms with Crippen molar-refractivity contribution in [1.82, 2.24) is 0 Å². The largest absolute Gasteiger partial charge is 0.465 e. The van der Waals surface area contributed by atoms with E-state index >= 15 is 0 Å². The Morgan fingerprint density at radius 2 is 2.00 bits per heavy atom. The third kappa shape index (κ3) is 3.75. The molecule has 2 aromatic carbocycles. The minimum Gasteiger partial charge on any atom is -0.465 e. The van der Waals surface area contributed by atoms with Gasteiger partial charge in [-0.15, -0.1) is 11.8 Å². The molecule has 0 aliphatic rings. The highest BCUT2D eigenvalue weighted by molar-refractivity contribution is 7.98. The molecular formula is C15H13ClO2S. The van der Waals surface area contributed by atoms with Gasteiger partial charge < -0.3 is 4.74 Å². The number of hydrogen-bond acceptors (Lipinski definition) is 3. The molecule has 0 amide bonds. The van der Waals surface area contributed by atoms with Crippen LogP contribution in [0.5, 0.6) is 0 Å². The van der Waals surface area contributed by atoms with E-state index in [1.54, 1.807) is 17.8 Å². The van der Waals surface area contributed by atoms with Gasteiger partial charge >= 0.3 is 5.97 Å². The number of carbonyl (C=O) groups is 1. The Kier molecular flexibility index (Phi) is 4.88. The Morgan fingerprint density at radius 1 is 1.21 bits per heavy atom. The first-order chi connectivity index (χ1) is 9.20. The van der Waals surface area contributed by atoms with Gasteiger partial charge in [0.25, 0.3) is 0 Å². The zero-order valence-corrected chi connectivity index (χ0v) is 12.0. The van der Waals surface area contributed by atoms with Crippen LogP contribution in [-0.4, -0.2) is 13.1 Å². The van der Waals surface area contributed by atoms with E-state index in [1.807, 2.05) is 42.5 Å². The van der Waals surface area contributed by atoms with Gasteiger partial charge in [-0.2, -0.15) is 0 Å². The molecule has 0 heterocycles. The monoisotopic (exact) mass is 292 g/mol. The number of rotatable bonds is 4. The molecule has 0 aliphatic carbocycles. The molecule has 98 valence electrons. The van der Waals surface area contributed by atoms with Crippen LogP contribution in [-0.2, 0) is 10.5 Å². The summed E-state index contributed by atoms with van der Waals surface area (Å²) in [5.74, 6) is 0.443. The topological polar surface area (TPSA) is 26.3 Å². The molecular weight excluding hydrogens is 280 g/mol. The van der Waals surface area contributed by atoms with Crippen molar-refractivity contribution in [1.29, 1.82) is 0 Å². The predicted octanol–water partition coefficient (Wildman–Crippen LogP) is 4.42. The number of hydrogen-bond donors (Lipinski definition) is 0. The van der Waals surface area contributed by atoms with Gasteiger partial charge in [0.15, 0.2) is 0 Å². The van der Waals surface area contributed by atoms with Crippen LogP contribution in [0.15, 0.2) is 53.4 Å². The highest BCUT2D eigenvalue weighted by Gasteiger charge is 2.06. The van der Waals surface area contributed by atoms with Crippen molar-refractivity contribution in [3.05, 3.63) is 64.7 Å². The van der Waals surface area contributed by atoms with Crippen LogP contribution in [0.4, 0.5) is 0 Å². The summed E-state index contributed by atoms with van der Waals surface area (Å²) in [6.45, 7) is 0. The van der Waals surface area contributed by atoms with Crippen molar-refractivity contribution in [3.63, 3.8) is 0 Å². The zero-order chi connectivity index (χ0) is 13.7. The summed E-state index contributed by atoms with van der Waals surface area (Å²) in [5, 5.41) is 0.747. The molecule has 0 N–H and O–H groups in total. The SMILES string of the molecule is COC(=O)c1cccc(CSc2ccccc2Cl)c1. The molecule has 0 atom stereocenters. The number of carbonyl (C=O) groups excluding carboxylic acids is 1. The van der Waals surface area contributed by atoms with E-state index in [9.17, 15) is 4.79 Å². The summed E-state index contributed by atoms with van der Waals surface area (Å²) in [7, 11) is 1.38. The minimum absolute atomic E-state index is 0.315. The van der Waals surface area contributed by atoms with Gasteiger partial charge in [0.2, 0.25) is 0 Å². The average molecular weight is 293 g/mol. The zero-order valence-electron chi connectivity index (χ0n) is 10.4. The fraction of sp³-hybridized carbons (Fsp3) is 0.133. The van der Waals surface area contributed by atoms with Crippen LogP contribution in [0.2, 0.25) is 5.02 Å². The predicted molar refractivity (Wildman–Crippen MR) is 78.8 cm³/mol. The summed E-state index contributed by atoms with van der Waals surface area (Å²) in [6, 6.07) is 15.1. The maximum atomic E-state index is 11.4. The van der Waals surface area contributed by atoms with Crippen molar-refractivity contribution in [3.8, 4) is 0 Å². The van der Waals surface area contributed by atoms with E-state index in [2.05, 4.69) is 0 Å². The fourth-order valence-corrected chi connectivity index (χ4v) is 2.81. The number of thioether (sulfide) groups is 1. The Hall–Kier alpha value is -1.45. The molecule has 0 fully saturated rings. The van der Waals surface area contributed by atoms with E-state index in [0.717, 1.165) is 21.2 Å². The van der Waals surface area contributed by atoms with E-state index < -0.39 is 0 Å². The van der Waals surface area contributed by atoms with Crippen LogP contribution in [0.1, 0.15) is 15.9 Å². The molecule has 2 rings (SSSR count). The van der Waals surface area contributed by atoms with Crippen molar-refractivity contribution >= 4 is 29.3 Å². The molecule has 0 unspecified atom stereocenters. The van der Waals surface area contributed by atoms with E-state index in [-0.39, 0.29) is 5.97 Å². The van der Waals surface area contributed by atoms with Crippen molar-refractivity contribution < 1.29 is 9.53 Å². The van der Waals surface area contributed by atoms with Crippen molar-refractivity contribution in [2.45, 2.75) is 10.6 Å². The first-order valence-corrected chi connectivity index (χ1v) is 7.11. The number of halogens is 1. The number of methoxy groups -OCH3 is 1. The van der Waals surface area contributed by atoms with Gasteiger partial charge in [-0.1, -0.05) is 35.9 Å². The van der Waals surface area contributed by atoms with Gasteiger partial charge in [0.05, 0.1) is 17.7 Å². The van der Waals surface area contributed by atoms with Crippen LogP contribution >= 0.6 is 23.4 Å². The highest BCUT2D eigenvalue weighted by Crippen LogP contribution is 2.29.